The van der Waals surface area contributed by atoms with Crippen molar-refractivity contribution in [3.8, 4) is 0 Å². The molecule has 0 saturated carbocycles. The number of aryl methyl sites for hydroxylation is 1. The molecule has 2 rings (SSSR count). The number of allylic oxidation sites excluding steroid dienone is 1. The number of carboxylic acid groups (broad SMARTS) is 1. The molecule has 1 aliphatic carbocycles. The number of rotatable bonds is 1. The zero-order chi connectivity index (χ0) is 13.5. The van der Waals surface area contributed by atoms with E-state index in [9.17, 15) is 14.3 Å². The molecule has 1 aliphatic rings. The van der Waals surface area contributed by atoms with Gasteiger partial charge in [-0.3, -0.25) is 0 Å². The molecule has 0 atom stereocenters. The SMILES string of the molecule is CC(C)(C)C1=C(C(=O)O)CCc2ccc(F)cc21. The molecule has 96 valence electrons. The first-order valence-electron chi connectivity index (χ1n) is 6.06. The molecule has 2 nitrogen and oxygen atoms in total. The van der Waals surface area contributed by atoms with Crippen LogP contribution >= 0.6 is 0 Å². The first kappa shape index (κ1) is 12.8. The van der Waals surface area contributed by atoms with Crippen molar-refractivity contribution in [1.82, 2.24) is 0 Å². The van der Waals surface area contributed by atoms with Crippen molar-refractivity contribution in [3.63, 3.8) is 0 Å². The quantitative estimate of drug-likeness (QED) is 0.823. The maximum atomic E-state index is 13.4. The molecule has 0 heterocycles. The predicted octanol–water partition coefficient (Wildman–Crippen LogP) is 3.66. The van der Waals surface area contributed by atoms with Gasteiger partial charge >= 0.3 is 5.97 Å². The number of fused-ring (bicyclic) bond motifs is 1. The van der Waals surface area contributed by atoms with Gasteiger partial charge in [0.25, 0.3) is 0 Å². The Bertz CT molecular complexity index is 536. The van der Waals surface area contributed by atoms with Crippen LogP contribution in [0.3, 0.4) is 0 Å². The molecule has 0 fully saturated rings. The van der Waals surface area contributed by atoms with E-state index in [0.29, 0.717) is 18.4 Å². The Morgan fingerprint density at radius 2 is 1.94 bits per heavy atom. The molecule has 0 unspecified atom stereocenters. The van der Waals surface area contributed by atoms with E-state index < -0.39 is 5.97 Å². The number of aliphatic carboxylic acids is 1. The average Bonchev–Trinajstić information content (AvgIpc) is 2.25. The van der Waals surface area contributed by atoms with Gasteiger partial charge in [-0.1, -0.05) is 26.8 Å². The van der Waals surface area contributed by atoms with Crippen LogP contribution in [0.5, 0.6) is 0 Å². The van der Waals surface area contributed by atoms with Gasteiger partial charge in [0.1, 0.15) is 5.82 Å². The molecule has 0 radical (unpaired) electrons. The van der Waals surface area contributed by atoms with Crippen LogP contribution in [0.15, 0.2) is 23.8 Å². The Balaban J connectivity index is 2.72. The minimum Gasteiger partial charge on any atom is -0.478 e. The molecule has 0 saturated heterocycles. The van der Waals surface area contributed by atoms with Crippen molar-refractivity contribution < 1.29 is 14.3 Å². The molecule has 0 aliphatic heterocycles. The number of carbonyl (C=O) groups is 1. The van der Waals surface area contributed by atoms with Gasteiger partial charge in [-0.2, -0.15) is 0 Å². The highest BCUT2D eigenvalue weighted by Crippen LogP contribution is 2.42. The molecule has 0 spiro atoms. The van der Waals surface area contributed by atoms with Crippen molar-refractivity contribution in [2.24, 2.45) is 5.41 Å². The molecule has 1 aromatic carbocycles. The summed E-state index contributed by atoms with van der Waals surface area (Å²) in [6.45, 7) is 5.89. The molecule has 18 heavy (non-hydrogen) atoms. The smallest absolute Gasteiger partial charge is 0.331 e. The number of halogens is 1. The van der Waals surface area contributed by atoms with Gasteiger partial charge < -0.3 is 5.11 Å². The largest absolute Gasteiger partial charge is 0.478 e. The van der Waals surface area contributed by atoms with Crippen LogP contribution in [0.1, 0.15) is 38.3 Å². The standard InChI is InChI=1S/C15H17FO2/c1-15(2,3)13-11(14(17)18)7-5-9-4-6-10(16)8-12(9)13/h4,6,8H,5,7H2,1-3H3,(H,17,18). The van der Waals surface area contributed by atoms with Gasteiger partial charge in [-0.25, -0.2) is 9.18 Å². The van der Waals surface area contributed by atoms with E-state index in [-0.39, 0.29) is 11.2 Å². The minimum absolute atomic E-state index is 0.309. The van der Waals surface area contributed by atoms with Crippen molar-refractivity contribution in [3.05, 3.63) is 40.7 Å². The van der Waals surface area contributed by atoms with Gasteiger partial charge in [-0.15, -0.1) is 0 Å². The summed E-state index contributed by atoms with van der Waals surface area (Å²) in [7, 11) is 0. The maximum Gasteiger partial charge on any atom is 0.331 e. The van der Waals surface area contributed by atoms with Gasteiger partial charge in [0.15, 0.2) is 0 Å². The van der Waals surface area contributed by atoms with Crippen molar-refractivity contribution in [2.45, 2.75) is 33.6 Å². The third-order valence-electron chi connectivity index (χ3n) is 3.30. The molecular weight excluding hydrogens is 231 g/mol. The van der Waals surface area contributed by atoms with Gasteiger partial charge in [-0.05, 0) is 47.1 Å². The monoisotopic (exact) mass is 248 g/mol. The fraction of sp³-hybridized carbons (Fsp3) is 0.400. The molecule has 3 heteroatoms. The molecule has 1 aromatic rings. The van der Waals surface area contributed by atoms with Crippen LogP contribution in [-0.4, -0.2) is 11.1 Å². The summed E-state index contributed by atoms with van der Waals surface area (Å²) >= 11 is 0. The van der Waals surface area contributed by atoms with Crippen LogP contribution in [0.25, 0.3) is 5.57 Å². The van der Waals surface area contributed by atoms with E-state index >= 15 is 0 Å². The highest BCUT2D eigenvalue weighted by Gasteiger charge is 2.30. The second kappa shape index (κ2) is 4.23. The lowest BCUT2D eigenvalue weighted by Gasteiger charge is -2.31. The van der Waals surface area contributed by atoms with E-state index in [1.807, 2.05) is 20.8 Å². The minimum atomic E-state index is -0.894. The zero-order valence-corrected chi connectivity index (χ0v) is 10.9. The lowest BCUT2D eigenvalue weighted by molar-refractivity contribution is -0.132. The maximum absolute atomic E-state index is 13.4. The average molecular weight is 248 g/mol. The van der Waals surface area contributed by atoms with Crippen molar-refractivity contribution >= 4 is 11.5 Å². The number of carboxylic acids is 1. The van der Waals surface area contributed by atoms with Crippen LogP contribution in [0.4, 0.5) is 4.39 Å². The predicted molar refractivity (Wildman–Crippen MR) is 68.7 cm³/mol. The summed E-state index contributed by atoms with van der Waals surface area (Å²) < 4.78 is 13.4. The number of benzene rings is 1. The third kappa shape index (κ3) is 2.17. The van der Waals surface area contributed by atoms with E-state index in [0.717, 1.165) is 16.7 Å². The summed E-state index contributed by atoms with van der Waals surface area (Å²) in [6.07, 6.45) is 1.18. The summed E-state index contributed by atoms with van der Waals surface area (Å²) in [6, 6.07) is 4.65. The number of hydrogen-bond acceptors (Lipinski definition) is 1. The Hall–Kier alpha value is -1.64. The van der Waals surface area contributed by atoms with E-state index in [1.54, 1.807) is 6.07 Å². The van der Waals surface area contributed by atoms with E-state index in [4.69, 9.17) is 0 Å². The van der Waals surface area contributed by atoms with E-state index in [2.05, 4.69) is 0 Å². The highest BCUT2D eigenvalue weighted by atomic mass is 19.1. The second-order valence-electron chi connectivity index (χ2n) is 5.71. The Kier molecular flexibility index (Phi) is 3.01. The van der Waals surface area contributed by atoms with Crippen LogP contribution in [0.2, 0.25) is 0 Å². The van der Waals surface area contributed by atoms with Crippen LogP contribution in [-0.2, 0) is 11.2 Å². The topological polar surface area (TPSA) is 37.3 Å². The summed E-state index contributed by atoms with van der Waals surface area (Å²) in [4.78, 5) is 11.4. The molecular formula is C15H17FO2. The second-order valence-corrected chi connectivity index (χ2v) is 5.71. The van der Waals surface area contributed by atoms with Gasteiger partial charge in [0.05, 0.1) is 0 Å². The van der Waals surface area contributed by atoms with Crippen molar-refractivity contribution in [2.75, 3.05) is 0 Å². The fourth-order valence-electron chi connectivity index (χ4n) is 2.62. The molecule has 0 amide bonds. The lowest BCUT2D eigenvalue weighted by Crippen LogP contribution is -2.20. The summed E-state index contributed by atoms with van der Waals surface area (Å²) in [5, 5.41) is 9.32. The van der Waals surface area contributed by atoms with Gasteiger partial charge in [0.2, 0.25) is 0 Å². The Labute approximate surface area is 106 Å². The zero-order valence-electron chi connectivity index (χ0n) is 10.9. The Morgan fingerprint density at radius 3 is 2.50 bits per heavy atom. The lowest BCUT2D eigenvalue weighted by atomic mass is 9.73. The third-order valence-corrected chi connectivity index (χ3v) is 3.30. The highest BCUT2D eigenvalue weighted by molar-refractivity contribution is 5.98. The first-order valence-corrected chi connectivity index (χ1v) is 6.06. The normalized spacial score (nSPS) is 15.6. The molecule has 0 aromatic heterocycles. The number of hydrogen-bond donors (Lipinski definition) is 1. The van der Waals surface area contributed by atoms with E-state index in [1.165, 1.54) is 12.1 Å². The Morgan fingerprint density at radius 1 is 1.28 bits per heavy atom. The summed E-state index contributed by atoms with van der Waals surface area (Å²) in [5.41, 5.74) is 2.66. The van der Waals surface area contributed by atoms with Gasteiger partial charge in [0, 0.05) is 5.57 Å². The molecule has 1 N–H and O–H groups in total. The van der Waals surface area contributed by atoms with Crippen molar-refractivity contribution in [1.29, 1.82) is 0 Å². The molecule has 0 bridgehead atoms. The van der Waals surface area contributed by atoms with Crippen LogP contribution < -0.4 is 0 Å². The first-order chi connectivity index (χ1) is 8.30. The van der Waals surface area contributed by atoms with Crippen LogP contribution in [0, 0.1) is 11.2 Å². The fourth-order valence-corrected chi connectivity index (χ4v) is 2.62. The summed E-state index contributed by atoms with van der Waals surface area (Å²) in [5.74, 6) is -1.21.